The molecule has 0 fully saturated rings. The second-order valence-corrected chi connectivity index (χ2v) is 4.59. The summed E-state index contributed by atoms with van der Waals surface area (Å²) in [5, 5.41) is 9.14. The number of carbonyl (C=O) groups is 1. The Bertz CT molecular complexity index is 790. The summed E-state index contributed by atoms with van der Waals surface area (Å²) < 4.78 is 10.7. The van der Waals surface area contributed by atoms with Crippen LogP contribution in [0.2, 0.25) is 0 Å². The van der Waals surface area contributed by atoms with Crippen LogP contribution in [0, 0.1) is 0 Å². The molecule has 0 bridgehead atoms. The molecule has 21 heavy (non-hydrogen) atoms. The number of nitrogens with zero attached hydrogens (tertiary/aromatic N) is 1. The van der Waals surface area contributed by atoms with E-state index in [9.17, 15) is 4.79 Å². The molecular formula is C16H13NO4. The third kappa shape index (κ3) is 2.58. The summed E-state index contributed by atoms with van der Waals surface area (Å²) in [4.78, 5) is 15.5. The number of methoxy groups -OCH3 is 1. The van der Waals surface area contributed by atoms with E-state index in [1.165, 1.54) is 6.07 Å². The fourth-order valence-corrected chi connectivity index (χ4v) is 2.16. The molecule has 0 aliphatic rings. The van der Waals surface area contributed by atoms with Gasteiger partial charge in [0.15, 0.2) is 11.5 Å². The Morgan fingerprint density at radius 2 is 2.00 bits per heavy atom. The monoisotopic (exact) mass is 283 g/mol. The Labute approximate surface area is 120 Å². The van der Waals surface area contributed by atoms with Crippen molar-refractivity contribution in [1.82, 2.24) is 4.98 Å². The van der Waals surface area contributed by atoms with Crippen molar-refractivity contribution in [2.75, 3.05) is 7.11 Å². The van der Waals surface area contributed by atoms with Crippen molar-refractivity contribution >= 4 is 17.1 Å². The number of hydrogen-bond acceptors (Lipinski definition) is 4. The molecule has 0 aliphatic heterocycles. The number of rotatable bonds is 4. The highest BCUT2D eigenvalue weighted by atomic mass is 16.5. The number of aromatic carboxylic acids is 1. The number of ether oxygens (including phenoxy) is 1. The van der Waals surface area contributed by atoms with Crippen LogP contribution in [0.3, 0.4) is 0 Å². The lowest BCUT2D eigenvalue weighted by Gasteiger charge is -2.00. The predicted octanol–water partition coefficient (Wildman–Crippen LogP) is 3.13. The number of fused-ring (bicyclic) bond motifs is 1. The molecule has 0 aliphatic carbocycles. The normalized spacial score (nSPS) is 10.7. The van der Waals surface area contributed by atoms with Gasteiger partial charge < -0.3 is 14.3 Å². The summed E-state index contributed by atoms with van der Waals surface area (Å²) in [6, 6.07) is 12.4. The maximum Gasteiger partial charge on any atom is 0.338 e. The minimum absolute atomic E-state index is 0.150. The van der Waals surface area contributed by atoms with Gasteiger partial charge in [-0.05, 0) is 29.8 Å². The van der Waals surface area contributed by atoms with Gasteiger partial charge in [0, 0.05) is 6.42 Å². The van der Waals surface area contributed by atoms with Crippen molar-refractivity contribution in [3.8, 4) is 5.75 Å². The topological polar surface area (TPSA) is 72.6 Å². The molecule has 106 valence electrons. The average Bonchev–Trinajstić information content (AvgIpc) is 2.89. The first-order valence-corrected chi connectivity index (χ1v) is 6.42. The molecule has 1 heterocycles. The van der Waals surface area contributed by atoms with Crippen molar-refractivity contribution in [2.45, 2.75) is 6.42 Å². The molecule has 0 unspecified atom stereocenters. The van der Waals surface area contributed by atoms with E-state index in [1.807, 2.05) is 24.3 Å². The molecule has 0 saturated carbocycles. The lowest BCUT2D eigenvalue weighted by molar-refractivity contribution is 0.0699. The summed E-state index contributed by atoms with van der Waals surface area (Å²) in [5.74, 6) is 0.262. The predicted molar refractivity (Wildman–Crippen MR) is 76.8 cm³/mol. The van der Waals surface area contributed by atoms with Crippen LogP contribution in [-0.2, 0) is 6.42 Å². The van der Waals surface area contributed by atoms with E-state index in [4.69, 9.17) is 14.3 Å². The number of oxazole rings is 1. The van der Waals surface area contributed by atoms with E-state index in [0.717, 1.165) is 11.3 Å². The van der Waals surface area contributed by atoms with Crippen LogP contribution in [-0.4, -0.2) is 23.2 Å². The minimum atomic E-state index is -1.01. The molecule has 5 heteroatoms. The van der Waals surface area contributed by atoms with Gasteiger partial charge in [0.1, 0.15) is 11.3 Å². The standard InChI is InChI=1S/C16H13NO4/c1-20-11-7-5-10(6-8-11)9-14-17-15-12(16(18)19)3-2-4-13(15)21-14/h2-8H,9H2,1H3,(H,18,19). The first-order valence-electron chi connectivity index (χ1n) is 6.42. The average molecular weight is 283 g/mol. The van der Waals surface area contributed by atoms with Gasteiger partial charge >= 0.3 is 5.97 Å². The molecular weight excluding hydrogens is 270 g/mol. The summed E-state index contributed by atoms with van der Waals surface area (Å²) >= 11 is 0. The van der Waals surface area contributed by atoms with Crippen molar-refractivity contribution in [1.29, 1.82) is 0 Å². The molecule has 0 radical (unpaired) electrons. The molecule has 0 spiro atoms. The van der Waals surface area contributed by atoms with E-state index >= 15 is 0 Å². The Balaban J connectivity index is 1.93. The van der Waals surface area contributed by atoms with Gasteiger partial charge in [0.2, 0.25) is 0 Å². The number of carboxylic acids is 1. The van der Waals surface area contributed by atoms with E-state index < -0.39 is 5.97 Å². The van der Waals surface area contributed by atoms with Gasteiger partial charge in [-0.1, -0.05) is 18.2 Å². The zero-order valence-corrected chi connectivity index (χ0v) is 11.4. The van der Waals surface area contributed by atoms with Gasteiger partial charge in [-0.15, -0.1) is 0 Å². The number of benzene rings is 2. The Kier molecular flexibility index (Phi) is 3.31. The molecule has 2 aromatic carbocycles. The van der Waals surface area contributed by atoms with Crippen LogP contribution in [0.25, 0.3) is 11.1 Å². The van der Waals surface area contributed by atoms with Gasteiger partial charge in [0.25, 0.3) is 0 Å². The molecule has 3 aromatic rings. The first kappa shape index (κ1) is 13.2. The lowest BCUT2D eigenvalue weighted by Crippen LogP contribution is -1.97. The van der Waals surface area contributed by atoms with Crippen molar-refractivity contribution in [2.24, 2.45) is 0 Å². The highest BCUT2D eigenvalue weighted by molar-refractivity contribution is 6.00. The van der Waals surface area contributed by atoms with Gasteiger partial charge in [-0.3, -0.25) is 0 Å². The number of para-hydroxylation sites is 1. The number of aromatic nitrogens is 1. The minimum Gasteiger partial charge on any atom is -0.497 e. The summed E-state index contributed by atoms with van der Waals surface area (Å²) in [6.45, 7) is 0. The largest absolute Gasteiger partial charge is 0.497 e. The van der Waals surface area contributed by atoms with E-state index in [2.05, 4.69) is 4.98 Å². The Morgan fingerprint density at radius 3 is 2.67 bits per heavy atom. The van der Waals surface area contributed by atoms with E-state index in [0.29, 0.717) is 23.4 Å². The van der Waals surface area contributed by atoms with Crippen LogP contribution in [0.1, 0.15) is 21.8 Å². The second-order valence-electron chi connectivity index (χ2n) is 4.59. The van der Waals surface area contributed by atoms with Crippen LogP contribution < -0.4 is 4.74 Å². The maximum absolute atomic E-state index is 11.2. The lowest BCUT2D eigenvalue weighted by atomic mass is 10.1. The molecule has 1 N–H and O–H groups in total. The first-order chi connectivity index (χ1) is 10.2. The molecule has 0 atom stereocenters. The highest BCUT2D eigenvalue weighted by Crippen LogP contribution is 2.22. The molecule has 0 amide bonds. The molecule has 3 rings (SSSR count). The number of carboxylic acid groups (broad SMARTS) is 1. The second kappa shape index (κ2) is 5.28. The highest BCUT2D eigenvalue weighted by Gasteiger charge is 2.14. The molecule has 1 aromatic heterocycles. The van der Waals surface area contributed by atoms with Gasteiger partial charge in [-0.2, -0.15) is 0 Å². The van der Waals surface area contributed by atoms with Gasteiger partial charge in [-0.25, -0.2) is 9.78 Å². The summed E-state index contributed by atoms with van der Waals surface area (Å²) in [7, 11) is 1.61. The fourth-order valence-electron chi connectivity index (χ4n) is 2.16. The van der Waals surface area contributed by atoms with Crippen LogP contribution in [0.5, 0.6) is 5.75 Å². The zero-order valence-electron chi connectivity index (χ0n) is 11.4. The number of hydrogen-bond donors (Lipinski definition) is 1. The Morgan fingerprint density at radius 1 is 1.24 bits per heavy atom. The quantitative estimate of drug-likeness (QED) is 0.796. The fraction of sp³-hybridized carbons (Fsp3) is 0.125. The van der Waals surface area contributed by atoms with Crippen molar-refractivity contribution < 1.29 is 19.1 Å². The molecule has 0 saturated heterocycles. The van der Waals surface area contributed by atoms with E-state index in [-0.39, 0.29) is 5.56 Å². The van der Waals surface area contributed by atoms with Crippen molar-refractivity contribution in [3.05, 3.63) is 59.5 Å². The van der Waals surface area contributed by atoms with E-state index in [1.54, 1.807) is 19.2 Å². The SMILES string of the molecule is COc1ccc(Cc2nc3c(C(=O)O)cccc3o2)cc1. The zero-order chi connectivity index (χ0) is 14.8. The third-order valence-corrected chi connectivity index (χ3v) is 3.21. The van der Waals surface area contributed by atoms with Gasteiger partial charge in [0.05, 0.1) is 12.7 Å². The molecule has 5 nitrogen and oxygen atoms in total. The summed E-state index contributed by atoms with van der Waals surface area (Å²) in [5.41, 5.74) is 2.03. The maximum atomic E-state index is 11.2. The van der Waals surface area contributed by atoms with Crippen LogP contribution >= 0.6 is 0 Å². The smallest absolute Gasteiger partial charge is 0.338 e. The van der Waals surface area contributed by atoms with Crippen LogP contribution in [0.15, 0.2) is 46.9 Å². The Hall–Kier alpha value is -2.82. The van der Waals surface area contributed by atoms with Crippen molar-refractivity contribution in [3.63, 3.8) is 0 Å². The van der Waals surface area contributed by atoms with Crippen LogP contribution in [0.4, 0.5) is 0 Å². The summed E-state index contributed by atoms with van der Waals surface area (Å²) in [6.07, 6.45) is 0.498. The third-order valence-electron chi connectivity index (χ3n) is 3.21.